The van der Waals surface area contributed by atoms with E-state index in [2.05, 4.69) is 5.32 Å². The van der Waals surface area contributed by atoms with Crippen LogP contribution in [0.1, 0.15) is 40.5 Å². The first-order valence-electron chi connectivity index (χ1n) is 8.91. The standard InChI is InChI=1S/C20H23NO5S/c1-24-19(22)12-17(18-5-3-11-27-18)21-20(23)14-6-8-15(9-7-14)26-13-16-4-2-10-25-16/h3,5-9,11,16-17H,2,4,10,12-13H2,1H3,(H,21,23). The quantitative estimate of drug-likeness (QED) is 0.701. The molecule has 1 amide bonds. The molecule has 2 heterocycles. The minimum absolute atomic E-state index is 0.0886. The number of thiophene rings is 1. The molecule has 2 atom stereocenters. The molecule has 27 heavy (non-hydrogen) atoms. The van der Waals surface area contributed by atoms with Gasteiger partial charge in [0.25, 0.3) is 5.91 Å². The monoisotopic (exact) mass is 389 g/mol. The van der Waals surface area contributed by atoms with Gasteiger partial charge in [0.2, 0.25) is 0 Å². The van der Waals surface area contributed by atoms with Gasteiger partial charge in [-0.3, -0.25) is 9.59 Å². The molecule has 0 saturated carbocycles. The lowest BCUT2D eigenvalue weighted by Crippen LogP contribution is -2.30. The number of carbonyl (C=O) groups is 2. The molecule has 0 radical (unpaired) electrons. The van der Waals surface area contributed by atoms with Gasteiger partial charge in [0, 0.05) is 17.0 Å². The van der Waals surface area contributed by atoms with Gasteiger partial charge in [-0.1, -0.05) is 6.07 Å². The Kier molecular flexibility index (Phi) is 6.84. The van der Waals surface area contributed by atoms with Crippen molar-refractivity contribution >= 4 is 23.2 Å². The third-order valence-corrected chi connectivity index (χ3v) is 5.35. The molecule has 1 aromatic carbocycles. The largest absolute Gasteiger partial charge is 0.491 e. The molecule has 0 bridgehead atoms. The van der Waals surface area contributed by atoms with Crippen molar-refractivity contribution in [2.75, 3.05) is 20.3 Å². The first kappa shape index (κ1) is 19.4. The van der Waals surface area contributed by atoms with E-state index in [0.717, 1.165) is 24.3 Å². The zero-order chi connectivity index (χ0) is 19.1. The number of carbonyl (C=O) groups excluding carboxylic acids is 2. The van der Waals surface area contributed by atoms with E-state index in [-0.39, 0.29) is 24.4 Å². The third-order valence-electron chi connectivity index (χ3n) is 4.37. The minimum atomic E-state index is -0.416. The van der Waals surface area contributed by atoms with E-state index in [1.807, 2.05) is 17.5 Å². The van der Waals surface area contributed by atoms with Gasteiger partial charge >= 0.3 is 5.97 Å². The molecule has 2 unspecified atom stereocenters. The number of methoxy groups -OCH3 is 1. The van der Waals surface area contributed by atoms with Gasteiger partial charge in [-0.15, -0.1) is 11.3 Å². The van der Waals surface area contributed by atoms with E-state index in [9.17, 15) is 9.59 Å². The SMILES string of the molecule is COC(=O)CC(NC(=O)c1ccc(OCC2CCCO2)cc1)c1cccs1. The molecule has 7 heteroatoms. The van der Waals surface area contributed by atoms with Gasteiger partial charge in [-0.05, 0) is 48.6 Å². The minimum Gasteiger partial charge on any atom is -0.491 e. The molecular formula is C20H23NO5S. The van der Waals surface area contributed by atoms with Crippen molar-refractivity contribution in [3.63, 3.8) is 0 Å². The summed E-state index contributed by atoms with van der Waals surface area (Å²) in [6.45, 7) is 1.31. The molecule has 1 aliphatic rings. The van der Waals surface area contributed by atoms with Crippen molar-refractivity contribution in [1.29, 1.82) is 0 Å². The van der Waals surface area contributed by atoms with Crippen LogP contribution in [0.4, 0.5) is 0 Å². The Bertz CT molecular complexity index is 738. The number of ether oxygens (including phenoxy) is 3. The Labute approximate surface area is 162 Å². The summed E-state index contributed by atoms with van der Waals surface area (Å²) in [5.41, 5.74) is 0.505. The normalized spacial score (nSPS) is 17.3. The molecule has 1 saturated heterocycles. The van der Waals surface area contributed by atoms with Crippen molar-refractivity contribution in [3.8, 4) is 5.75 Å². The van der Waals surface area contributed by atoms with Crippen LogP contribution in [-0.2, 0) is 14.3 Å². The maximum absolute atomic E-state index is 12.6. The summed E-state index contributed by atoms with van der Waals surface area (Å²) in [4.78, 5) is 25.2. The summed E-state index contributed by atoms with van der Waals surface area (Å²) in [5, 5.41) is 4.82. The molecule has 0 spiro atoms. The molecule has 3 rings (SSSR count). The Balaban J connectivity index is 1.59. The van der Waals surface area contributed by atoms with Crippen LogP contribution in [0.2, 0.25) is 0 Å². The fourth-order valence-corrected chi connectivity index (χ4v) is 3.65. The third kappa shape index (κ3) is 5.55. The van der Waals surface area contributed by atoms with E-state index >= 15 is 0 Å². The van der Waals surface area contributed by atoms with E-state index < -0.39 is 6.04 Å². The van der Waals surface area contributed by atoms with E-state index in [4.69, 9.17) is 14.2 Å². The van der Waals surface area contributed by atoms with Crippen LogP contribution in [0.25, 0.3) is 0 Å². The lowest BCUT2D eigenvalue weighted by Gasteiger charge is -2.17. The molecule has 6 nitrogen and oxygen atoms in total. The lowest BCUT2D eigenvalue weighted by molar-refractivity contribution is -0.141. The number of benzene rings is 1. The second kappa shape index (κ2) is 9.53. The predicted octanol–water partition coefficient (Wildman–Crippen LogP) is 3.34. The molecule has 1 N–H and O–H groups in total. The van der Waals surface area contributed by atoms with Crippen molar-refractivity contribution in [2.24, 2.45) is 0 Å². The summed E-state index contributed by atoms with van der Waals surface area (Å²) in [6, 6.07) is 10.3. The molecule has 1 aromatic heterocycles. The van der Waals surface area contributed by atoms with Crippen LogP contribution in [0.5, 0.6) is 5.75 Å². The first-order valence-corrected chi connectivity index (χ1v) is 9.79. The van der Waals surface area contributed by atoms with E-state index in [1.54, 1.807) is 24.3 Å². The highest BCUT2D eigenvalue weighted by molar-refractivity contribution is 7.10. The van der Waals surface area contributed by atoms with Gasteiger partial charge in [0.05, 0.1) is 25.7 Å². The number of rotatable bonds is 8. The molecule has 0 aliphatic carbocycles. The van der Waals surface area contributed by atoms with Crippen LogP contribution in [0, 0.1) is 0 Å². The Hall–Kier alpha value is -2.38. The highest BCUT2D eigenvalue weighted by atomic mass is 32.1. The zero-order valence-corrected chi connectivity index (χ0v) is 16.0. The second-order valence-electron chi connectivity index (χ2n) is 6.29. The second-order valence-corrected chi connectivity index (χ2v) is 7.27. The summed E-state index contributed by atoms with van der Waals surface area (Å²) >= 11 is 1.49. The lowest BCUT2D eigenvalue weighted by atomic mass is 10.1. The molecule has 2 aromatic rings. The predicted molar refractivity (Wildman–Crippen MR) is 102 cm³/mol. The van der Waals surface area contributed by atoms with Crippen LogP contribution in [-0.4, -0.2) is 38.3 Å². The number of esters is 1. The maximum Gasteiger partial charge on any atom is 0.307 e. The highest BCUT2D eigenvalue weighted by Crippen LogP contribution is 2.23. The molecular weight excluding hydrogens is 366 g/mol. The van der Waals surface area contributed by atoms with Crippen molar-refractivity contribution in [3.05, 3.63) is 52.2 Å². The number of hydrogen-bond acceptors (Lipinski definition) is 6. The Morgan fingerprint density at radius 3 is 2.74 bits per heavy atom. The smallest absolute Gasteiger partial charge is 0.307 e. The highest BCUT2D eigenvalue weighted by Gasteiger charge is 2.21. The molecule has 1 aliphatic heterocycles. The Morgan fingerprint density at radius 1 is 1.30 bits per heavy atom. The van der Waals surface area contributed by atoms with E-state index in [0.29, 0.717) is 17.9 Å². The van der Waals surface area contributed by atoms with Crippen molar-refractivity contribution in [1.82, 2.24) is 5.32 Å². The summed E-state index contributed by atoms with van der Waals surface area (Å²) < 4.78 is 16.0. The Morgan fingerprint density at radius 2 is 2.11 bits per heavy atom. The van der Waals surface area contributed by atoms with E-state index in [1.165, 1.54) is 18.4 Å². The number of nitrogens with one attached hydrogen (secondary N) is 1. The van der Waals surface area contributed by atoms with Gasteiger partial charge in [-0.25, -0.2) is 0 Å². The average molecular weight is 389 g/mol. The van der Waals surface area contributed by atoms with Gasteiger partial charge < -0.3 is 19.5 Å². The van der Waals surface area contributed by atoms with Crippen molar-refractivity contribution in [2.45, 2.75) is 31.4 Å². The summed E-state index contributed by atoms with van der Waals surface area (Å²) in [5.74, 6) is 0.0842. The van der Waals surface area contributed by atoms with Gasteiger partial charge in [0.1, 0.15) is 12.4 Å². The van der Waals surface area contributed by atoms with Crippen LogP contribution in [0.15, 0.2) is 41.8 Å². The maximum atomic E-state index is 12.6. The summed E-state index contributed by atoms with van der Waals surface area (Å²) in [7, 11) is 1.34. The fraction of sp³-hybridized carbons (Fsp3) is 0.400. The zero-order valence-electron chi connectivity index (χ0n) is 15.2. The fourth-order valence-electron chi connectivity index (χ4n) is 2.87. The topological polar surface area (TPSA) is 73.9 Å². The van der Waals surface area contributed by atoms with Crippen LogP contribution < -0.4 is 10.1 Å². The first-order chi connectivity index (χ1) is 13.2. The van der Waals surface area contributed by atoms with Gasteiger partial charge in [0.15, 0.2) is 0 Å². The molecule has 1 fully saturated rings. The average Bonchev–Trinajstić information content (AvgIpc) is 3.40. The van der Waals surface area contributed by atoms with Crippen LogP contribution in [0.3, 0.4) is 0 Å². The van der Waals surface area contributed by atoms with Crippen molar-refractivity contribution < 1.29 is 23.8 Å². The number of amides is 1. The van der Waals surface area contributed by atoms with Crippen LogP contribution >= 0.6 is 11.3 Å². The summed E-state index contributed by atoms with van der Waals surface area (Å²) in [6.07, 6.45) is 2.33. The van der Waals surface area contributed by atoms with Gasteiger partial charge in [-0.2, -0.15) is 0 Å². The molecule has 144 valence electrons. The number of hydrogen-bond donors (Lipinski definition) is 1.